The zero-order chi connectivity index (χ0) is 18.7. The van der Waals surface area contributed by atoms with Crippen LogP contribution >= 0.6 is 0 Å². The summed E-state index contributed by atoms with van der Waals surface area (Å²) in [5, 5.41) is 12.4. The van der Waals surface area contributed by atoms with Crippen LogP contribution in [0.25, 0.3) is 11.2 Å². The van der Waals surface area contributed by atoms with Gasteiger partial charge in [-0.15, -0.1) is 0 Å². The van der Waals surface area contributed by atoms with Gasteiger partial charge in [-0.05, 0) is 13.0 Å². The average molecular weight is 359 g/mol. The van der Waals surface area contributed by atoms with E-state index in [9.17, 15) is 14.9 Å². The third kappa shape index (κ3) is 3.44. The van der Waals surface area contributed by atoms with Gasteiger partial charge < -0.3 is 10.1 Å². The van der Waals surface area contributed by atoms with Crippen molar-refractivity contribution in [3.63, 3.8) is 0 Å². The standard InChI is InChI=1S/C16H21N7O3/c1-21-14-12(15(24)22(2)16(21)25)19-11(10-17)13(20-14)18-4-3-5-23-6-8-26-9-7-23/h3-9H2,1-2H3,(H,18,20). The Hall–Kier alpha value is -2.77. The monoisotopic (exact) mass is 359 g/mol. The van der Waals surface area contributed by atoms with Crippen LogP contribution < -0.4 is 16.6 Å². The number of anilines is 1. The first kappa shape index (κ1) is 18.0. The first-order valence-corrected chi connectivity index (χ1v) is 8.44. The summed E-state index contributed by atoms with van der Waals surface area (Å²) in [6.45, 7) is 4.87. The first-order valence-electron chi connectivity index (χ1n) is 8.44. The molecular formula is C16H21N7O3. The molecule has 0 aliphatic carbocycles. The van der Waals surface area contributed by atoms with E-state index in [1.807, 2.05) is 6.07 Å². The molecule has 138 valence electrons. The van der Waals surface area contributed by atoms with E-state index in [2.05, 4.69) is 20.2 Å². The van der Waals surface area contributed by atoms with E-state index in [1.54, 1.807) is 0 Å². The van der Waals surface area contributed by atoms with Gasteiger partial charge in [-0.25, -0.2) is 14.8 Å². The van der Waals surface area contributed by atoms with Crippen LogP contribution in [0.3, 0.4) is 0 Å². The van der Waals surface area contributed by atoms with Gasteiger partial charge in [0.2, 0.25) is 0 Å². The lowest BCUT2D eigenvalue weighted by Gasteiger charge is -2.26. The van der Waals surface area contributed by atoms with Crippen LogP contribution in [0, 0.1) is 11.3 Å². The molecule has 2 aromatic rings. The Bertz CT molecular complexity index is 967. The summed E-state index contributed by atoms with van der Waals surface area (Å²) in [5.74, 6) is 0.283. The molecule has 0 aromatic carbocycles. The van der Waals surface area contributed by atoms with Gasteiger partial charge in [-0.1, -0.05) is 0 Å². The molecule has 3 heterocycles. The summed E-state index contributed by atoms with van der Waals surface area (Å²) in [4.78, 5) is 35.0. The van der Waals surface area contributed by atoms with E-state index in [1.165, 1.54) is 18.7 Å². The highest BCUT2D eigenvalue weighted by molar-refractivity contribution is 5.73. The van der Waals surface area contributed by atoms with Crippen molar-refractivity contribution in [3.05, 3.63) is 26.5 Å². The molecule has 10 heteroatoms. The molecule has 1 saturated heterocycles. The van der Waals surface area contributed by atoms with Gasteiger partial charge in [0.15, 0.2) is 22.7 Å². The largest absolute Gasteiger partial charge is 0.379 e. The Morgan fingerprint density at radius 2 is 1.92 bits per heavy atom. The summed E-state index contributed by atoms with van der Waals surface area (Å²) in [6.07, 6.45) is 0.861. The maximum Gasteiger partial charge on any atom is 0.332 e. The lowest BCUT2D eigenvalue weighted by Crippen LogP contribution is -2.38. The fourth-order valence-corrected chi connectivity index (χ4v) is 2.90. The summed E-state index contributed by atoms with van der Waals surface area (Å²) < 4.78 is 7.52. The minimum atomic E-state index is -0.564. The van der Waals surface area contributed by atoms with Crippen molar-refractivity contribution in [2.45, 2.75) is 6.42 Å². The number of ether oxygens (including phenoxy) is 1. The Morgan fingerprint density at radius 3 is 2.62 bits per heavy atom. The first-order chi connectivity index (χ1) is 12.5. The van der Waals surface area contributed by atoms with Gasteiger partial charge in [0.1, 0.15) is 6.07 Å². The number of nitrogens with zero attached hydrogens (tertiary/aromatic N) is 6. The zero-order valence-electron chi connectivity index (χ0n) is 14.9. The fraction of sp³-hybridized carbons (Fsp3) is 0.562. The number of aryl methyl sites for hydroxylation is 1. The number of rotatable bonds is 5. The second-order valence-electron chi connectivity index (χ2n) is 6.14. The molecule has 2 aromatic heterocycles. The highest BCUT2D eigenvalue weighted by atomic mass is 16.5. The van der Waals surface area contributed by atoms with E-state index in [-0.39, 0.29) is 22.7 Å². The Labute approximate surface area is 149 Å². The van der Waals surface area contributed by atoms with Crippen molar-refractivity contribution >= 4 is 17.0 Å². The number of morpholine rings is 1. The Kier molecular flexibility index (Phi) is 5.29. The molecule has 1 N–H and O–H groups in total. The number of nitrogens with one attached hydrogen (secondary N) is 1. The predicted molar refractivity (Wildman–Crippen MR) is 95.1 cm³/mol. The highest BCUT2D eigenvalue weighted by Gasteiger charge is 2.16. The summed E-state index contributed by atoms with van der Waals surface area (Å²) >= 11 is 0. The number of hydrogen-bond donors (Lipinski definition) is 1. The second-order valence-corrected chi connectivity index (χ2v) is 6.14. The minimum absolute atomic E-state index is 0.00465. The van der Waals surface area contributed by atoms with Crippen LogP contribution in [0.5, 0.6) is 0 Å². The summed E-state index contributed by atoms with van der Waals surface area (Å²) in [6, 6.07) is 1.96. The van der Waals surface area contributed by atoms with E-state index in [4.69, 9.17) is 4.74 Å². The molecule has 0 spiro atoms. The molecule has 26 heavy (non-hydrogen) atoms. The van der Waals surface area contributed by atoms with E-state index in [0.29, 0.717) is 6.54 Å². The average Bonchev–Trinajstić information content (AvgIpc) is 2.68. The van der Waals surface area contributed by atoms with Crippen molar-refractivity contribution in [1.82, 2.24) is 24.0 Å². The van der Waals surface area contributed by atoms with Crippen LogP contribution in [-0.2, 0) is 18.8 Å². The van der Waals surface area contributed by atoms with Crippen molar-refractivity contribution < 1.29 is 4.74 Å². The van der Waals surface area contributed by atoms with Crippen LogP contribution in [0.4, 0.5) is 5.82 Å². The molecule has 0 atom stereocenters. The topological polar surface area (TPSA) is 118 Å². The van der Waals surface area contributed by atoms with Crippen molar-refractivity contribution in [3.8, 4) is 6.07 Å². The van der Waals surface area contributed by atoms with Gasteiger partial charge in [-0.2, -0.15) is 5.26 Å². The molecule has 3 rings (SSSR count). The normalized spacial score (nSPS) is 15.1. The lowest BCUT2D eigenvalue weighted by atomic mass is 10.3. The van der Waals surface area contributed by atoms with E-state index >= 15 is 0 Å². The highest BCUT2D eigenvalue weighted by Crippen LogP contribution is 2.13. The molecular weight excluding hydrogens is 338 g/mol. The fourth-order valence-electron chi connectivity index (χ4n) is 2.90. The molecule has 0 amide bonds. The Balaban J connectivity index is 1.80. The molecule has 1 fully saturated rings. The van der Waals surface area contributed by atoms with Gasteiger partial charge >= 0.3 is 5.69 Å². The second kappa shape index (κ2) is 7.63. The third-order valence-corrected chi connectivity index (χ3v) is 4.43. The molecule has 0 saturated carbocycles. The van der Waals surface area contributed by atoms with Gasteiger partial charge in [-0.3, -0.25) is 18.8 Å². The zero-order valence-corrected chi connectivity index (χ0v) is 14.9. The predicted octanol–water partition coefficient (Wildman–Crippen LogP) is -0.967. The smallest absolute Gasteiger partial charge is 0.332 e. The van der Waals surface area contributed by atoms with E-state index in [0.717, 1.165) is 43.8 Å². The molecule has 1 aliphatic heterocycles. The third-order valence-electron chi connectivity index (χ3n) is 4.43. The molecule has 10 nitrogen and oxygen atoms in total. The molecule has 0 radical (unpaired) electrons. The van der Waals surface area contributed by atoms with Gasteiger partial charge in [0.25, 0.3) is 5.56 Å². The van der Waals surface area contributed by atoms with Gasteiger partial charge in [0.05, 0.1) is 13.2 Å². The molecule has 0 unspecified atom stereocenters. The maximum absolute atomic E-state index is 12.2. The SMILES string of the molecule is Cn1c(=O)c2nc(C#N)c(NCCCN3CCOCC3)nc2n(C)c1=O. The van der Waals surface area contributed by atoms with Crippen LogP contribution in [0.1, 0.15) is 12.1 Å². The number of fused-ring (bicyclic) bond motifs is 1. The van der Waals surface area contributed by atoms with Crippen molar-refractivity contribution in [1.29, 1.82) is 5.26 Å². The van der Waals surface area contributed by atoms with Crippen LogP contribution in [0.2, 0.25) is 0 Å². The van der Waals surface area contributed by atoms with Gasteiger partial charge in [0, 0.05) is 33.7 Å². The van der Waals surface area contributed by atoms with Crippen molar-refractivity contribution in [2.24, 2.45) is 14.1 Å². The number of aromatic nitrogens is 4. The minimum Gasteiger partial charge on any atom is -0.379 e. The van der Waals surface area contributed by atoms with E-state index < -0.39 is 11.2 Å². The lowest BCUT2D eigenvalue weighted by molar-refractivity contribution is 0.0378. The maximum atomic E-state index is 12.2. The number of hydrogen-bond acceptors (Lipinski definition) is 8. The summed E-state index contributed by atoms with van der Waals surface area (Å²) in [5.41, 5.74) is -0.844. The van der Waals surface area contributed by atoms with Crippen molar-refractivity contribution in [2.75, 3.05) is 44.7 Å². The molecule has 1 aliphatic rings. The Morgan fingerprint density at radius 1 is 1.19 bits per heavy atom. The van der Waals surface area contributed by atoms with Crippen LogP contribution in [-0.4, -0.2) is 63.4 Å². The van der Waals surface area contributed by atoms with Crippen LogP contribution in [0.15, 0.2) is 9.59 Å². The molecule has 0 bridgehead atoms. The number of nitriles is 1. The summed E-state index contributed by atoms with van der Waals surface area (Å²) in [7, 11) is 2.89. The quantitative estimate of drug-likeness (QED) is 0.678.